The molecule has 2 amide bonds. The third kappa shape index (κ3) is 10.1. The first-order valence-corrected chi connectivity index (χ1v) is 15.5. The summed E-state index contributed by atoms with van der Waals surface area (Å²) in [6.45, 7) is 3.25. The minimum atomic E-state index is -1.47. The van der Waals surface area contributed by atoms with Crippen molar-refractivity contribution in [3.05, 3.63) is 12.7 Å². The van der Waals surface area contributed by atoms with Crippen molar-refractivity contribution < 1.29 is 29.6 Å². The second-order valence-electron chi connectivity index (χ2n) is 11.2. The molecule has 1 aliphatic rings. The number of carbonyl (C=O) groups is 2. The number of aromatic nitrogens is 4. The molecule has 13 heteroatoms. The molecule has 0 radical (unpaired) electrons. The molecule has 6 atom stereocenters. The van der Waals surface area contributed by atoms with Crippen LogP contribution < -0.4 is 16.0 Å². The number of anilines is 1. The number of nitrogens with one attached hydrogen (secondary N) is 4. The average Bonchev–Trinajstić information content (AvgIpc) is 3.47. The summed E-state index contributed by atoms with van der Waals surface area (Å²) in [5, 5.41) is 39.7. The molecule has 0 unspecified atom stereocenters. The first-order chi connectivity index (χ1) is 20.3. The number of H-pyrrole nitrogens is 1. The summed E-state index contributed by atoms with van der Waals surface area (Å²) < 4.78 is 5.78. The van der Waals surface area contributed by atoms with Gasteiger partial charge in [0.2, 0.25) is 11.8 Å². The molecule has 2 aromatic rings. The number of imidazole rings is 1. The van der Waals surface area contributed by atoms with Crippen molar-refractivity contribution in [2.24, 2.45) is 0 Å². The Bertz CT molecular complexity index is 1080. The van der Waals surface area contributed by atoms with Crippen LogP contribution >= 0.6 is 0 Å². The van der Waals surface area contributed by atoms with Crippen molar-refractivity contribution in [3.8, 4) is 0 Å². The van der Waals surface area contributed by atoms with Gasteiger partial charge in [-0.25, -0.2) is 15.0 Å². The van der Waals surface area contributed by atoms with E-state index in [-0.39, 0.29) is 11.7 Å². The Balaban J connectivity index is 1.35. The molecule has 13 nitrogen and oxygen atoms in total. The van der Waals surface area contributed by atoms with Gasteiger partial charge in [0.05, 0.1) is 19.0 Å². The summed E-state index contributed by atoms with van der Waals surface area (Å²) in [5.74, 6) is -0.488. The van der Waals surface area contributed by atoms with Crippen molar-refractivity contribution in [1.82, 2.24) is 30.6 Å². The van der Waals surface area contributed by atoms with E-state index in [2.05, 4.69) is 42.8 Å². The lowest BCUT2D eigenvalue weighted by molar-refractivity contribution is -0.185. The summed E-state index contributed by atoms with van der Waals surface area (Å²) in [5.41, 5.74) is 0.879. The van der Waals surface area contributed by atoms with Gasteiger partial charge in [-0.1, -0.05) is 77.6 Å². The Hall–Kier alpha value is -2.87. The SMILES string of the molecule is CCCCCCCCCCCCCCC(=O)N[C@H](C)C(=O)N[C@@H]1[C@@H](O)[C@H](O)[C@@H](Nc2ncnc3nc[nH]c23)O[C@H]1CO. The molecule has 7 N–H and O–H groups in total. The number of unbranched alkanes of at least 4 members (excludes halogenated alkanes) is 11. The molecule has 42 heavy (non-hydrogen) atoms. The number of rotatable bonds is 19. The maximum Gasteiger partial charge on any atom is 0.242 e. The molecule has 0 aromatic carbocycles. The standard InChI is InChI=1S/C29H49N7O6/c1-3-4-5-6-7-8-9-10-11-12-13-14-15-21(38)34-19(2)28(41)35-22-20(16-37)42-29(25(40)24(22)39)36-27-23-26(31-17-30-23)32-18-33-27/h17-20,22,24-25,29,37,39-40H,3-16H2,1-2H3,(H,34,38)(H,35,41)(H2,30,31,32,33,36)/t19-,20+,22+,24-,25+,29+/m1/s1. The molecule has 1 saturated heterocycles. The van der Waals surface area contributed by atoms with Crippen molar-refractivity contribution in [1.29, 1.82) is 0 Å². The van der Waals surface area contributed by atoms with Crippen molar-refractivity contribution in [2.45, 2.75) is 134 Å². The molecule has 0 spiro atoms. The molecule has 2 aromatic heterocycles. The van der Waals surface area contributed by atoms with E-state index in [1.54, 1.807) is 6.92 Å². The number of aliphatic hydroxyl groups is 3. The Morgan fingerprint density at radius 3 is 2.24 bits per heavy atom. The Kier molecular flexibility index (Phi) is 14.4. The molecule has 236 valence electrons. The molecule has 0 bridgehead atoms. The van der Waals surface area contributed by atoms with Crippen LogP contribution in [0.2, 0.25) is 0 Å². The van der Waals surface area contributed by atoms with Gasteiger partial charge in [-0.05, 0) is 13.3 Å². The molecule has 0 aliphatic carbocycles. The van der Waals surface area contributed by atoms with E-state index in [1.807, 2.05) is 0 Å². The molecule has 1 fully saturated rings. The maximum absolute atomic E-state index is 12.8. The highest BCUT2D eigenvalue weighted by molar-refractivity contribution is 5.87. The smallest absolute Gasteiger partial charge is 0.242 e. The van der Waals surface area contributed by atoms with Gasteiger partial charge in [0.1, 0.15) is 36.2 Å². The zero-order valence-electron chi connectivity index (χ0n) is 24.9. The van der Waals surface area contributed by atoms with Gasteiger partial charge in [0, 0.05) is 6.42 Å². The van der Waals surface area contributed by atoms with Gasteiger partial charge >= 0.3 is 0 Å². The fraction of sp³-hybridized carbons (Fsp3) is 0.759. The number of hydrogen-bond acceptors (Lipinski definition) is 10. The highest BCUT2D eigenvalue weighted by Crippen LogP contribution is 2.24. The fourth-order valence-electron chi connectivity index (χ4n) is 5.22. The molecule has 0 saturated carbocycles. The van der Waals surface area contributed by atoms with Gasteiger partial charge in [-0.3, -0.25) is 9.59 Å². The monoisotopic (exact) mass is 591 g/mol. The second kappa shape index (κ2) is 17.9. The molecule has 3 heterocycles. The van der Waals surface area contributed by atoms with Crippen LogP contribution in [0.3, 0.4) is 0 Å². The van der Waals surface area contributed by atoms with E-state index in [0.29, 0.717) is 17.6 Å². The number of amides is 2. The second-order valence-corrected chi connectivity index (χ2v) is 11.2. The predicted octanol–water partition coefficient (Wildman–Crippen LogP) is 2.28. The van der Waals surface area contributed by atoms with E-state index in [4.69, 9.17) is 4.74 Å². The third-order valence-electron chi connectivity index (χ3n) is 7.77. The lowest BCUT2D eigenvalue weighted by atomic mass is 9.95. The van der Waals surface area contributed by atoms with Crippen molar-refractivity contribution >= 4 is 28.8 Å². The lowest BCUT2D eigenvalue weighted by Crippen LogP contribution is -2.67. The van der Waals surface area contributed by atoms with Crippen molar-refractivity contribution in [2.75, 3.05) is 11.9 Å². The molecule has 3 rings (SSSR count). The summed E-state index contributed by atoms with van der Waals surface area (Å²) in [4.78, 5) is 40.3. The van der Waals surface area contributed by atoms with E-state index < -0.39 is 49.1 Å². The van der Waals surface area contributed by atoms with Gasteiger partial charge in [0.25, 0.3) is 0 Å². The number of hydrogen-bond donors (Lipinski definition) is 7. The summed E-state index contributed by atoms with van der Waals surface area (Å²) >= 11 is 0. The maximum atomic E-state index is 12.8. The Morgan fingerprint density at radius 1 is 0.952 bits per heavy atom. The highest BCUT2D eigenvalue weighted by Gasteiger charge is 2.45. The Morgan fingerprint density at radius 2 is 1.60 bits per heavy atom. The van der Waals surface area contributed by atoms with Gasteiger partial charge in [0.15, 0.2) is 17.7 Å². The topological polar surface area (TPSA) is 195 Å². The van der Waals surface area contributed by atoms with Crippen LogP contribution in [0.5, 0.6) is 0 Å². The lowest BCUT2D eigenvalue weighted by Gasteiger charge is -2.43. The van der Waals surface area contributed by atoms with Crippen LogP contribution in [0.15, 0.2) is 12.7 Å². The number of aliphatic hydroxyl groups excluding tert-OH is 3. The van der Waals surface area contributed by atoms with Crippen LogP contribution in [0.4, 0.5) is 5.82 Å². The fourth-order valence-corrected chi connectivity index (χ4v) is 5.22. The quantitative estimate of drug-likeness (QED) is 0.119. The zero-order valence-corrected chi connectivity index (χ0v) is 24.9. The molecular formula is C29H49N7O6. The summed E-state index contributed by atoms with van der Waals surface area (Å²) in [6, 6.07) is -1.98. The van der Waals surface area contributed by atoms with Crippen LogP contribution in [-0.2, 0) is 14.3 Å². The van der Waals surface area contributed by atoms with Crippen LogP contribution in [0, 0.1) is 0 Å². The minimum Gasteiger partial charge on any atom is -0.394 e. The van der Waals surface area contributed by atoms with E-state index in [0.717, 1.165) is 19.3 Å². The highest BCUT2D eigenvalue weighted by atomic mass is 16.5. The first-order valence-electron chi connectivity index (χ1n) is 15.5. The number of carbonyl (C=O) groups excluding carboxylic acids is 2. The van der Waals surface area contributed by atoms with E-state index >= 15 is 0 Å². The largest absolute Gasteiger partial charge is 0.394 e. The van der Waals surface area contributed by atoms with Gasteiger partial charge in [-0.15, -0.1) is 0 Å². The number of ether oxygens (including phenoxy) is 1. The number of nitrogens with zero attached hydrogens (tertiary/aromatic N) is 3. The van der Waals surface area contributed by atoms with E-state index in [9.17, 15) is 24.9 Å². The first kappa shape index (κ1) is 33.6. The van der Waals surface area contributed by atoms with Crippen LogP contribution in [0.1, 0.15) is 97.3 Å². The third-order valence-corrected chi connectivity index (χ3v) is 7.77. The van der Waals surface area contributed by atoms with Gasteiger partial charge < -0.3 is 41.0 Å². The number of aromatic amines is 1. The molecular weight excluding hydrogens is 542 g/mol. The van der Waals surface area contributed by atoms with Gasteiger partial charge in [-0.2, -0.15) is 0 Å². The molecule has 1 aliphatic heterocycles. The average molecular weight is 592 g/mol. The van der Waals surface area contributed by atoms with Crippen LogP contribution in [0.25, 0.3) is 11.2 Å². The Labute approximate surface area is 247 Å². The van der Waals surface area contributed by atoms with Crippen molar-refractivity contribution in [3.63, 3.8) is 0 Å². The normalized spacial score (nSPS) is 23.0. The minimum absolute atomic E-state index is 0.219. The summed E-state index contributed by atoms with van der Waals surface area (Å²) in [6.07, 6.45) is 12.4. The summed E-state index contributed by atoms with van der Waals surface area (Å²) in [7, 11) is 0. The predicted molar refractivity (Wildman–Crippen MR) is 158 cm³/mol. The van der Waals surface area contributed by atoms with E-state index in [1.165, 1.54) is 70.4 Å². The zero-order chi connectivity index (χ0) is 30.3. The number of fused-ring (bicyclic) bond motifs is 1. The van der Waals surface area contributed by atoms with Crippen LogP contribution in [-0.4, -0.2) is 90.3 Å².